The summed E-state index contributed by atoms with van der Waals surface area (Å²) in [7, 11) is 0. The molecule has 1 fully saturated rings. The van der Waals surface area contributed by atoms with Crippen molar-refractivity contribution in [3.63, 3.8) is 0 Å². The van der Waals surface area contributed by atoms with E-state index in [-0.39, 0.29) is 24.8 Å². The van der Waals surface area contributed by atoms with Gasteiger partial charge in [0.2, 0.25) is 5.91 Å². The predicted molar refractivity (Wildman–Crippen MR) is 63.4 cm³/mol. The number of halogens is 1. The third-order valence-corrected chi connectivity index (χ3v) is 2.66. The van der Waals surface area contributed by atoms with Gasteiger partial charge in [0.05, 0.1) is 19.6 Å². The van der Waals surface area contributed by atoms with Crippen molar-refractivity contribution in [2.45, 2.75) is 19.3 Å². The van der Waals surface area contributed by atoms with E-state index in [1.54, 1.807) is 12.1 Å². The quantitative estimate of drug-likeness (QED) is 0.825. The van der Waals surface area contributed by atoms with Gasteiger partial charge in [0, 0.05) is 12.6 Å². The van der Waals surface area contributed by atoms with Crippen LogP contribution in [0.5, 0.6) is 5.75 Å². The van der Waals surface area contributed by atoms with Gasteiger partial charge in [0.15, 0.2) is 0 Å². The standard InChI is InChI=1S/C13H16FNO3/c14-11-4-3-5-12(10-11)17-9-6-13(16)15-7-1-2-8-18-15/h3-5,10H,1-2,6-9H2. The van der Waals surface area contributed by atoms with Crippen LogP contribution in [0.3, 0.4) is 0 Å². The van der Waals surface area contributed by atoms with Crippen LogP contribution in [-0.4, -0.2) is 30.7 Å². The van der Waals surface area contributed by atoms with E-state index in [1.165, 1.54) is 17.2 Å². The smallest absolute Gasteiger partial charge is 0.249 e. The average Bonchev–Trinajstić information content (AvgIpc) is 2.40. The van der Waals surface area contributed by atoms with Gasteiger partial charge in [-0.2, -0.15) is 0 Å². The first-order valence-corrected chi connectivity index (χ1v) is 6.07. The normalized spacial score (nSPS) is 15.5. The number of hydrogen-bond acceptors (Lipinski definition) is 3. The lowest BCUT2D eigenvalue weighted by atomic mass is 10.3. The number of amides is 1. The van der Waals surface area contributed by atoms with Crippen molar-refractivity contribution in [2.24, 2.45) is 0 Å². The first-order chi connectivity index (χ1) is 8.75. The molecule has 1 amide bonds. The van der Waals surface area contributed by atoms with Gasteiger partial charge in [0.25, 0.3) is 0 Å². The zero-order valence-corrected chi connectivity index (χ0v) is 10.1. The van der Waals surface area contributed by atoms with E-state index in [0.29, 0.717) is 18.9 Å². The Balaban J connectivity index is 1.73. The van der Waals surface area contributed by atoms with E-state index in [0.717, 1.165) is 12.8 Å². The van der Waals surface area contributed by atoms with E-state index in [4.69, 9.17) is 9.57 Å². The summed E-state index contributed by atoms with van der Waals surface area (Å²) in [6, 6.07) is 5.87. The Morgan fingerprint density at radius 2 is 2.33 bits per heavy atom. The first-order valence-electron chi connectivity index (χ1n) is 6.07. The highest BCUT2D eigenvalue weighted by Crippen LogP contribution is 2.13. The van der Waals surface area contributed by atoms with Crippen LogP contribution in [0.25, 0.3) is 0 Å². The molecule has 1 aromatic carbocycles. The number of benzene rings is 1. The number of nitrogens with zero attached hydrogens (tertiary/aromatic N) is 1. The van der Waals surface area contributed by atoms with Gasteiger partial charge >= 0.3 is 0 Å². The number of carbonyl (C=O) groups is 1. The van der Waals surface area contributed by atoms with E-state index in [9.17, 15) is 9.18 Å². The van der Waals surface area contributed by atoms with Crippen molar-refractivity contribution in [3.05, 3.63) is 30.1 Å². The molecular formula is C13H16FNO3. The minimum absolute atomic E-state index is 0.0916. The summed E-state index contributed by atoms with van der Waals surface area (Å²) in [6.45, 7) is 1.46. The maximum atomic E-state index is 12.9. The molecule has 0 aliphatic carbocycles. The Morgan fingerprint density at radius 1 is 1.44 bits per heavy atom. The van der Waals surface area contributed by atoms with Crippen LogP contribution < -0.4 is 4.74 Å². The molecule has 1 aliphatic heterocycles. The Kier molecular flexibility index (Phi) is 4.52. The second-order valence-corrected chi connectivity index (χ2v) is 4.09. The lowest BCUT2D eigenvalue weighted by molar-refractivity contribution is -0.197. The molecule has 0 aromatic heterocycles. The average molecular weight is 253 g/mol. The minimum Gasteiger partial charge on any atom is -0.493 e. The molecule has 1 aliphatic rings. The second kappa shape index (κ2) is 6.35. The van der Waals surface area contributed by atoms with E-state index < -0.39 is 0 Å². The largest absolute Gasteiger partial charge is 0.493 e. The molecule has 1 aromatic rings. The monoisotopic (exact) mass is 253 g/mol. The zero-order valence-electron chi connectivity index (χ0n) is 10.1. The molecule has 98 valence electrons. The van der Waals surface area contributed by atoms with Gasteiger partial charge in [-0.05, 0) is 25.0 Å². The van der Waals surface area contributed by atoms with Crippen LogP contribution >= 0.6 is 0 Å². The molecule has 0 N–H and O–H groups in total. The summed E-state index contributed by atoms with van der Waals surface area (Å²) >= 11 is 0. The summed E-state index contributed by atoms with van der Waals surface area (Å²) in [5.41, 5.74) is 0. The molecule has 0 spiro atoms. The molecule has 4 nitrogen and oxygen atoms in total. The summed E-state index contributed by atoms with van der Waals surface area (Å²) in [5, 5.41) is 1.39. The first kappa shape index (κ1) is 12.8. The summed E-state index contributed by atoms with van der Waals surface area (Å²) in [5.74, 6) is -0.00773. The number of carbonyl (C=O) groups excluding carboxylic acids is 1. The molecule has 0 unspecified atom stereocenters. The Bertz CT molecular complexity index is 405. The maximum Gasteiger partial charge on any atom is 0.249 e. The van der Waals surface area contributed by atoms with Crippen LogP contribution in [0.1, 0.15) is 19.3 Å². The summed E-state index contributed by atoms with van der Waals surface area (Å²) < 4.78 is 18.2. The molecular weight excluding hydrogens is 237 g/mol. The molecule has 0 radical (unpaired) electrons. The highest BCUT2D eigenvalue weighted by molar-refractivity contribution is 5.75. The fraction of sp³-hybridized carbons (Fsp3) is 0.462. The van der Waals surface area contributed by atoms with Gasteiger partial charge in [-0.25, -0.2) is 9.45 Å². The number of hydroxylamine groups is 2. The van der Waals surface area contributed by atoms with E-state index in [1.807, 2.05) is 0 Å². The predicted octanol–water partition coefficient (Wildman–Crippen LogP) is 2.15. The van der Waals surface area contributed by atoms with Gasteiger partial charge in [-0.15, -0.1) is 0 Å². The van der Waals surface area contributed by atoms with Crippen LogP contribution in [0.2, 0.25) is 0 Å². The Hall–Kier alpha value is -1.62. The van der Waals surface area contributed by atoms with Crippen LogP contribution in [0, 0.1) is 5.82 Å². The van der Waals surface area contributed by atoms with Crippen LogP contribution in [0.4, 0.5) is 4.39 Å². The maximum absolute atomic E-state index is 12.9. The second-order valence-electron chi connectivity index (χ2n) is 4.09. The van der Waals surface area contributed by atoms with Gasteiger partial charge < -0.3 is 4.74 Å². The molecule has 0 atom stereocenters. The van der Waals surface area contributed by atoms with Gasteiger partial charge in [0.1, 0.15) is 11.6 Å². The number of hydrogen-bond donors (Lipinski definition) is 0. The number of rotatable bonds is 4. The lowest BCUT2D eigenvalue weighted by Gasteiger charge is -2.25. The van der Waals surface area contributed by atoms with Crippen molar-refractivity contribution < 1.29 is 18.8 Å². The van der Waals surface area contributed by atoms with Crippen molar-refractivity contribution in [1.29, 1.82) is 0 Å². The zero-order chi connectivity index (χ0) is 12.8. The molecule has 2 rings (SSSR count). The SMILES string of the molecule is O=C(CCOc1cccc(F)c1)N1CCCCO1. The van der Waals surface area contributed by atoms with Crippen molar-refractivity contribution >= 4 is 5.91 Å². The topological polar surface area (TPSA) is 38.8 Å². The van der Waals surface area contributed by atoms with Crippen LogP contribution in [-0.2, 0) is 9.63 Å². The van der Waals surface area contributed by atoms with E-state index in [2.05, 4.69) is 0 Å². The van der Waals surface area contributed by atoms with Crippen molar-refractivity contribution in [3.8, 4) is 5.75 Å². The molecule has 18 heavy (non-hydrogen) atoms. The number of ether oxygens (including phenoxy) is 1. The molecule has 1 saturated heterocycles. The third-order valence-electron chi connectivity index (χ3n) is 2.66. The van der Waals surface area contributed by atoms with Crippen molar-refractivity contribution in [1.82, 2.24) is 5.06 Å². The molecule has 0 saturated carbocycles. The van der Waals surface area contributed by atoms with Gasteiger partial charge in [-0.3, -0.25) is 9.63 Å². The summed E-state index contributed by atoms with van der Waals surface area (Å²) in [4.78, 5) is 16.9. The highest BCUT2D eigenvalue weighted by Gasteiger charge is 2.17. The fourth-order valence-corrected chi connectivity index (χ4v) is 1.73. The van der Waals surface area contributed by atoms with Crippen molar-refractivity contribution in [2.75, 3.05) is 19.8 Å². The summed E-state index contributed by atoms with van der Waals surface area (Å²) in [6.07, 6.45) is 2.19. The lowest BCUT2D eigenvalue weighted by Crippen LogP contribution is -2.36. The van der Waals surface area contributed by atoms with Gasteiger partial charge in [-0.1, -0.05) is 6.07 Å². The Labute approximate surface area is 105 Å². The molecule has 0 bridgehead atoms. The van der Waals surface area contributed by atoms with Crippen LogP contribution in [0.15, 0.2) is 24.3 Å². The minimum atomic E-state index is -0.349. The molecule has 5 heteroatoms. The third kappa shape index (κ3) is 3.70. The van der Waals surface area contributed by atoms with E-state index >= 15 is 0 Å². The molecule has 1 heterocycles. The fourth-order valence-electron chi connectivity index (χ4n) is 1.73. The Morgan fingerprint density at radius 3 is 3.06 bits per heavy atom. The highest BCUT2D eigenvalue weighted by atomic mass is 19.1.